The van der Waals surface area contributed by atoms with Gasteiger partial charge in [-0.2, -0.15) is 0 Å². The van der Waals surface area contributed by atoms with Gasteiger partial charge < -0.3 is 15.4 Å². The van der Waals surface area contributed by atoms with E-state index in [9.17, 15) is 0 Å². The van der Waals surface area contributed by atoms with Crippen molar-refractivity contribution >= 4 is 21.6 Å². The fraction of sp³-hybridized carbons (Fsp3) is 0.571. The number of hydrogen-bond donors (Lipinski definition) is 1. The molecular weight excluding hydrogens is 292 g/mol. The molecule has 0 spiro atoms. The van der Waals surface area contributed by atoms with E-state index in [1.54, 1.807) is 0 Å². The molecule has 2 N–H and O–H groups in total. The largest absolute Gasteiger partial charge is 0.377 e. The zero-order valence-electron chi connectivity index (χ0n) is 11.0. The van der Waals surface area contributed by atoms with Crippen LogP contribution < -0.4 is 10.6 Å². The number of nitrogens with two attached hydrogens (primary N) is 1. The Hall–Kier alpha value is -0.580. The van der Waals surface area contributed by atoms with Gasteiger partial charge in [0.05, 0.1) is 24.9 Å². The van der Waals surface area contributed by atoms with Gasteiger partial charge in [-0.05, 0) is 47.0 Å². The van der Waals surface area contributed by atoms with Crippen LogP contribution in [0.1, 0.15) is 31.9 Å². The van der Waals surface area contributed by atoms with Crippen LogP contribution in [0.25, 0.3) is 0 Å². The van der Waals surface area contributed by atoms with E-state index in [0.717, 1.165) is 36.2 Å². The van der Waals surface area contributed by atoms with Crippen molar-refractivity contribution in [3.8, 4) is 0 Å². The first kappa shape index (κ1) is 13.8. The monoisotopic (exact) mass is 312 g/mol. The van der Waals surface area contributed by atoms with Gasteiger partial charge in [0.1, 0.15) is 0 Å². The van der Waals surface area contributed by atoms with Crippen LogP contribution in [0.3, 0.4) is 0 Å². The Balaban J connectivity index is 2.26. The van der Waals surface area contributed by atoms with E-state index >= 15 is 0 Å². The molecule has 1 unspecified atom stereocenters. The molecule has 100 valence electrons. The number of hydrogen-bond acceptors (Lipinski definition) is 3. The molecule has 1 aliphatic rings. The van der Waals surface area contributed by atoms with Gasteiger partial charge in [-0.3, -0.25) is 0 Å². The Bertz CT molecular complexity index is 409. The van der Waals surface area contributed by atoms with Crippen molar-refractivity contribution < 1.29 is 4.74 Å². The lowest BCUT2D eigenvalue weighted by Gasteiger charge is -2.37. The summed E-state index contributed by atoms with van der Waals surface area (Å²) >= 11 is 3.67. The second-order valence-electron chi connectivity index (χ2n) is 4.83. The van der Waals surface area contributed by atoms with Crippen LogP contribution in [-0.4, -0.2) is 25.8 Å². The average molecular weight is 313 g/mol. The Morgan fingerprint density at radius 1 is 1.56 bits per heavy atom. The van der Waals surface area contributed by atoms with E-state index in [-0.39, 0.29) is 6.04 Å². The van der Waals surface area contributed by atoms with Crippen molar-refractivity contribution in [2.24, 2.45) is 5.73 Å². The maximum Gasteiger partial charge on any atom is 0.0670 e. The second kappa shape index (κ2) is 6.04. The number of morpholine rings is 1. The Morgan fingerprint density at radius 2 is 2.33 bits per heavy atom. The van der Waals surface area contributed by atoms with Crippen LogP contribution in [0, 0.1) is 0 Å². The second-order valence-corrected chi connectivity index (χ2v) is 5.68. The summed E-state index contributed by atoms with van der Waals surface area (Å²) in [6.45, 7) is 6.78. The molecule has 1 fully saturated rings. The first-order chi connectivity index (χ1) is 8.63. The van der Waals surface area contributed by atoms with E-state index in [4.69, 9.17) is 10.5 Å². The number of anilines is 1. The summed E-state index contributed by atoms with van der Waals surface area (Å²) in [5, 5.41) is 0. The van der Waals surface area contributed by atoms with Gasteiger partial charge in [0.15, 0.2) is 0 Å². The lowest BCUT2D eigenvalue weighted by molar-refractivity contribution is 0.0929. The van der Waals surface area contributed by atoms with Crippen LogP contribution in [0.5, 0.6) is 0 Å². The number of ether oxygens (including phenoxy) is 1. The molecule has 1 aromatic carbocycles. The Labute approximate surface area is 117 Å². The first-order valence-corrected chi connectivity index (χ1v) is 7.32. The first-order valence-electron chi connectivity index (χ1n) is 6.53. The van der Waals surface area contributed by atoms with Gasteiger partial charge in [-0.1, -0.05) is 13.0 Å². The van der Waals surface area contributed by atoms with Crippen molar-refractivity contribution in [2.45, 2.75) is 32.4 Å². The highest BCUT2D eigenvalue weighted by Crippen LogP contribution is 2.31. The van der Waals surface area contributed by atoms with Crippen LogP contribution in [0.2, 0.25) is 0 Å². The van der Waals surface area contributed by atoms with Gasteiger partial charge in [-0.15, -0.1) is 0 Å². The van der Waals surface area contributed by atoms with Crippen molar-refractivity contribution in [1.82, 2.24) is 0 Å². The molecule has 4 heteroatoms. The molecule has 1 heterocycles. The fourth-order valence-electron chi connectivity index (χ4n) is 2.35. The topological polar surface area (TPSA) is 38.5 Å². The van der Waals surface area contributed by atoms with E-state index in [1.807, 2.05) is 6.92 Å². The van der Waals surface area contributed by atoms with Gasteiger partial charge in [0.2, 0.25) is 0 Å². The summed E-state index contributed by atoms with van der Waals surface area (Å²) in [6.07, 6.45) is 1.10. The van der Waals surface area contributed by atoms with Gasteiger partial charge in [-0.25, -0.2) is 0 Å². The summed E-state index contributed by atoms with van der Waals surface area (Å²) in [6, 6.07) is 6.95. The van der Waals surface area contributed by atoms with E-state index in [0.29, 0.717) is 6.04 Å². The molecule has 18 heavy (non-hydrogen) atoms. The molecule has 0 amide bonds. The van der Waals surface area contributed by atoms with Crippen molar-refractivity contribution in [3.05, 3.63) is 28.2 Å². The molecule has 3 nitrogen and oxygen atoms in total. The molecule has 1 aliphatic heterocycles. The number of halogens is 1. The zero-order valence-corrected chi connectivity index (χ0v) is 12.6. The van der Waals surface area contributed by atoms with Crippen LogP contribution in [-0.2, 0) is 4.74 Å². The van der Waals surface area contributed by atoms with Crippen molar-refractivity contribution in [1.29, 1.82) is 0 Å². The minimum Gasteiger partial charge on any atom is -0.377 e. The zero-order chi connectivity index (χ0) is 13.1. The van der Waals surface area contributed by atoms with E-state index in [1.165, 1.54) is 5.69 Å². The van der Waals surface area contributed by atoms with Crippen molar-refractivity contribution in [3.63, 3.8) is 0 Å². The average Bonchev–Trinajstić information content (AvgIpc) is 2.38. The standard InChI is InChI=1S/C14H21BrN2O/c1-3-12-9-18-7-6-17(12)14-5-4-11(10(2)16)8-13(14)15/h4-5,8,10,12H,3,6-7,9,16H2,1-2H3/t10-,12?/m0/s1. The maximum atomic E-state index is 5.91. The summed E-state index contributed by atoms with van der Waals surface area (Å²) < 4.78 is 6.67. The van der Waals surface area contributed by atoms with E-state index in [2.05, 4.69) is 46.0 Å². The molecule has 2 atom stereocenters. The minimum atomic E-state index is 0.0713. The molecule has 0 saturated carbocycles. The molecule has 1 aromatic rings. The normalized spacial score (nSPS) is 22.0. The van der Waals surface area contributed by atoms with Crippen LogP contribution in [0.15, 0.2) is 22.7 Å². The predicted octanol–water partition coefficient (Wildman–Crippen LogP) is 3.08. The molecule has 2 rings (SSSR count). The minimum absolute atomic E-state index is 0.0713. The lowest BCUT2D eigenvalue weighted by atomic mass is 10.1. The van der Waals surface area contributed by atoms with Crippen LogP contribution >= 0.6 is 15.9 Å². The fourth-order valence-corrected chi connectivity index (χ4v) is 2.97. The number of benzene rings is 1. The highest BCUT2D eigenvalue weighted by Gasteiger charge is 2.23. The van der Waals surface area contributed by atoms with Crippen molar-refractivity contribution in [2.75, 3.05) is 24.7 Å². The third-order valence-corrected chi connectivity index (χ3v) is 4.14. The summed E-state index contributed by atoms with van der Waals surface area (Å²) in [7, 11) is 0. The molecule has 0 aliphatic carbocycles. The summed E-state index contributed by atoms with van der Waals surface area (Å²) in [4.78, 5) is 2.43. The predicted molar refractivity (Wildman–Crippen MR) is 79.0 cm³/mol. The van der Waals surface area contributed by atoms with Gasteiger partial charge in [0.25, 0.3) is 0 Å². The van der Waals surface area contributed by atoms with Crippen LogP contribution in [0.4, 0.5) is 5.69 Å². The molecule has 0 radical (unpaired) electrons. The third kappa shape index (κ3) is 2.87. The molecule has 0 aromatic heterocycles. The Morgan fingerprint density at radius 3 is 2.94 bits per heavy atom. The third-order valence-electron chi connectivity index (χ3n) is 3.51. The Kier molecular flexibility index (Phi) is 4.65. The summed E-state index contributed by atoms with van der Waals surface area (Å²) in [5.74, 6) is 0. The SMILES string of the molecule is CCC1COCCN1c1ccc([C@H](C)N)cc1Br. The van der Waals surface area contributed by atoms with Gasteiger partial charge in [0, 0.05) is 17.1 Å². The smallest absolute Gasteiger partial charge is 0.0670 e. The van der Waals surface area contributed by atoms with E-state index < -0.39 is 0 Å². The highest BCUT2D eigenvalue weighted by molar-refractivity contribution is 9.10. The summed E-state index contributed by atoms with van der Waals surface area (Å²) in [5.41, 5.74) is 8.31. The molecule has 0 bridgehead atoms. The maximum absolute atomic E-state index is 5.91. The quantitative estimate of drug-likeness (QED) is 0.932. The number of nitrogens with zero attached hydrogens (tertiary/aromatic N) is 1. The molecular formula is C14H21BrN2O. The highest BCUT2D eigenvalue weighted by atomic mass is 79.9. The number of rotatable bonds is 3. The molecule has 1 saturated heterocycles. The lowest BCUT2D eigenvalue weighted by Crippen LogP contribution is -2.45. The van der Waals surface area contributed by atoms with Gasteiger partial charge >= 0.3 is 0 Å².